The Hall–Kier alpha value is -2.80. The van der Waals surface area contributed by atoms with Crippen molar-refractivity contribution in [2.24, 2.45) is 17.8 Å². The van der Waals surface area contributed by atoms with Crippen LogP contribution in [0.2, 0.25) is 0 Å². The number of nitrogens with one attached hydrogen (secondary N) is 2. The molecule has 2 fully saturated rings. The van der Waals surface area contributed by atoms with E-state index in [1.165, 1.54) is 36.1 Å². The number of rotatable bonds is 2. The Labute approximate surface area is 159 Å². The minimum absolute atomic E-state index is 0.0290. The topological polar surface area (TPSA) is 64.9 Å². The normalized spacial score (nSPS) is 30.0. The van der Waals surface area contributed by atoms with Crippen LogP contribution in [-0.2, 0) is 4.79 Å². The second-order valence-corrected chi connectivity index (χ2v) is 8.28. The zero-order chi connectivity index (χ0) is 18.5. The standard InChI is InChI=1S/C23H23N3O/c1-13(27)25-18-8-9-20-19(11-18)21-16-6-7-17(10-16)22(21)23(26-20)15-4-2-14(12-24)3-5-15/h2-5,8-9,11,16-17,21-23,26H,6-7,10H2,1H3,(H,25,27)/t16-,17+,21-,22+,23+/m1/s1. The van der Waals surface area contributed by atoms with Crippen molar-refractivity contribution in [2.45, 2.75) is 38.1 Å². The summed E-state index contributed by atoms with van der Waals surface area (Å²) in [5.41, 5.74) is 5.42. The van der Waals surface area contributed by atoms with Crippen LogP contribution >= 0.6 is 0 Å². The molecule has 27 heavy (non-hydrogen) atoms. The molecule has 1 heterocycles. The molecule has 2 N–H and O–H groups in total. The summed E-state index contributed by atoms with van der Waals surface area (Å²) in [5, 5.41) is 15.8. The molecule has 3 aliphatic rings. The molecule has 5 rings (SSSR count). The number of carbonyl (C=O) groups excluding carboxylic acids is 1. The number of amides is 1. The number of carbonyl (C=O) groups is 1. The third-order valence-corrected chi connectivity index (χ3v) is 6.81. The first-order valence-electron chi connectivity index (χ1n) is 9.82. The van der Waals surface area contributed by atoms with E-state index in [0.29, 0.717) is 17.4 Å². The van der Waals surface area contributed by atoms with E-state index in [0.717, 1.165) is 17.5 Å². The van der Waals surface area contributed by atoms with Crippen molar-refractivity contribution in [3.8, 4) is 6.07 Å². The Bertz CT molecular complexity index is 943. The molecule has 136 valence electrons. The molecular formula is C23H23N3O. The van der Waals surface area contributed by atoms with Crippen LogP contribution in [0, 0.1) is 29.1 Å². The predicted octanol–water partition coefficient (Wildman–Crippen LogP) is 4.81. The van der Waals surface area contributed by atoms with Gasteiger partial charge in [0.15, 0.2) is 0 Å². The lowest BCUT2D eigenvalue weighted by Gasteiger charge is -2.43. The van der Waals surface area contributed by atoms with Crippen molar-refractivity contribution < 1.29 is 4.79 Å². The Balaban J connectivity index is 1.56. The number of benzene rings is 2. The van der Waals surface area contributed by atoms with Gasteiger partial charge in [0, 0.05) is 18.3 Å². The molecule has 1 aliphatic heterocycles. The summed E-state index contributed by atoms with van der Waals surface area (Å²) in [5.74, 6) is 2.60. The molecule has 1 amide bonds. The zero-order valence-electron chi connectivity index (χ0n) is 15.4. The van der Waals surface area contributed by atoms with Gasteiger partial charge in [0.2, 0.25) is 5.91 Å². The number of anilines is 2. The van der Waals surface area contributed by atoms with Gasteiger partial charge in [-0.15, -0.1) is 0 Å². The molecule has 4 nitrogen and oxygen atoms in total. The van der Waals surface area contributed by atoms with Crippen molar-refractivity contribution in [1.82, 2.24) is 0 Å². The van der Waals surface area contributed by atoms with Crippen LogP contribution in [0.15, 0.2) is 42.5 Å². The number of hydrogen-bond acceptors (Lipinski definition) is 3. The van der Waals surface area contributed by atoms with Crippen molar-refractivity contribution >= 4 is 17.3 Å². The van der Waals surface area contributed by atoms with E-state index in [9.17, 15) is 4.79 Å². The minimum atomic E-state index is -0.0290. The fraction of sp³-hybridized carbons (Fsp3) is 0.391. The van der Waals surface area contributed by atoms with Gasteiger partial charge >= 0.3 is 0 Å². The van der Waals surface area contributed by atoms with Crippen LogP contribution in [0.1, 0.15) is 54.8 Å². The predicted molar refractivity (Wildman–Crippen MR) is 105 cm³/mol. The zero-order valence-corrected chi connectivity index (χ0v) is 15.4. The number of hydrogen-bond donors (Lipinski definition) is 2. The fourth-order valence-corrected chi connectivity index (χ4v) is 5.86. The second kappa shape index (κ2) is 6.13. The lowest BCUT2D eigenvalue weighted by molar-refractivity contribution is -0.114. The van der Waals surface area contributed by atoms with Crippen molar-refractivity contribution in [1.29, 1.82) is 5.26 Å². The van der Waals surface area contributed by atoms with E-state index in [2.05, 4.69) is 41.0 Å². The van der Waals surface area contributed by atoms with Gasteiger partial charge in [-0.3, -0.25) is 4.79 Å². The quantitative estimate of drug-likeness (QED) is 0.810. The summed E-state index contributed by atoms with van der Waals surface area (Å²) in [6.07, 6.45) is 3.95. The maximum atomic E-state index is 11.5. The molecule has 2 aromatic carbocycles. The second-order valence-electron chi connectivity index (χ2n) is 8.28. The molecule has 0 aromatic heterocycles. The number of nitriles is 1. The Kier molecular flexibility index (Phi) is 3.72. The van der Waals surface area contributed by atoms with Crippen LogP contribution in [0.5, 0.6) is 0 Å². The largest absolute Gasteiger partial charge is 0.378 e. The summed E-state index contributed by atoms with van der Waals surface area (Å²) < 4.78 is 0. The first-order valence-corrected chi connectivity index (χ1v) is 9.82. The van der Waals surface area contributed by atoms with E-state index >= 15 is 0 Å². The Morgan fingerprint density at radius 2 is 1.93 bits per heavy atom. The van der Waals surface area contributed by atoms with Gasteiger partial charge in [0.25, 0.3) is 0 Å². The highest BCUT2D eigenvalue weighted by molar-refractivity contribution is 5.89. The van der Waals surface area contributed by atoms with Gasteiger partial charge in [-0.2, -0.15) is 5.26 Å². The third-order valence-electron chi connectivity index (χ3n) is 6.81. The molecule has 0 saturated heterocycles. The highest BCUT2D eigenvalue weighted by atomic mass is 16.1. The molecule has 5 atom stereocenters. The average Bonchev–Trinajstić information content (AvgIpc) is 3.29. The summed E-state index contributed by atoms with van der Waals surface area (Å²) in [6, 6.07) is 16.8. The lowest BCUT2D eigenvalue weighted by Crippen LogP contribution is -2.35. The van der Waals surface area contributed by atoms with Gasteiger partial charge in [-0.05, 0) is 84.4 Å². The van der Waals surface area contributed by atoms with E-state index in [4.69, 9.17) is 5.26 Å². The van der Waals surface area contributed by atoms with Gasteiger partial charge in [0.1, 0.15) is 0 Å². The van der Waals surface area contributed by atoms with Crippen LogP contribution in [0.3, 0.4) is 0 Å². The van der Waals surface area contributed by atoms with Crippen LogP contribution < -0.4 is 10.6 Å². The van der Waals surface area contributed by atoms with Gasteiger partial charge in [-0.1, -0.05) is 12.1 Å². The van der Waals surface area contributed by atoms with E-state index in [1.54, 1.807) is 6.92 Å². The van der Waals surface area contributed by atoms with Crippen molar-refractivity contribution in [3.05, 3.63) is 59.2 Å². The molecule has 0 spiro atoms. The third kappa shape index (κ3) is 2.61. The molecule has 2 aliphatic carbocycles. The van der Waals surface area contributed by atoms with Crippen LogP contribution in [0.25, 0.3) is 0 Å². The number of nitrogens with zero attached hydrogens (tertiary/aromatic N) is 1. The Morgan fingerprint density at radius 3 is 2.67 bits per heavy atom. The molecule has 0 unspecified atom stereocenters. The molecule has 2 saturated carbocycles. The summed E-state index contributed by atoms with van der Waals surface area (Å²) in [7, 11) is 0. The first kappa shape index (κ1) is 16.4. The van der Waals surface area contributed by atoms with Crippen molar-refractivity contribution in [2.75, 3.05) is 10.6 Å². The summed E-state index contributed by atoms with van der Waals surface area (Å²) in [6.45, 7) is 1.55. The maximum Gasteiger partial charge on any atom is 0.221 e. The monoisotopic (exact) mass is 357 g/mol. The summed E-state index contributed by atoms with van der Waals surface area (Å²) >= 11 is 0. The van der Waals surface area contributed by atoms with E-state index in [-0.39, 0.29) is 11.9 Å². The average molecular weight is 357 g/mol. The molecule has 2 aromatic rings. The van der Waals surface area contributed by atoms with Gasteiger partial charge < -0.3 is 10.6 Å². The van der Waals surface area contributed by atoms with Gasteiger partial charge in [-0.25, -0.2) is 0 Å². The Morgan fingerprint density at radius 1 is 1.15 bits per heavy atom. The minimum Gasteiger partial charge on any atom is -0.378 e. The molecular weight excluding hydrogens is 334 g/mol. The maximum absolute atomic E-state index is 11.5. The van der Waals surface area contributed by atoms with E-state index in [1.807, 2.05) is 18.2 Å². The first-order chi connectivity index (χ1) is 13.1. The lowest BCUT2D eigenvalue weighted by atomic mass is 9.68. The number of fused-ring (bicyclic) bond motifs is 7. The van der Waals surface area contributed by atoms with E-state index < -0.39 is 0 Å². The van der Waals surface area contributed by atoms with Crippen molar-refractivity contribution in [3.63, 3.8) is 0 Å². The highest BCUT2D eigenvalue weighted by Gasteiger charge is 2.53. The SMILES string of the molecule is CC(=O)Nc1ccc2c(c1)[C@H]1[C@@H]3CC[C@@H](C3)[C@@H]1[C@H](c1ccc(C#N)cc1)N2. The fourth-order valence-electron chi connectivity index (χ4n) is 5.86. The molecule has 2 bridgehead atoms. The van der Waals surface area contributed by atoms with Gasteiger partial charge in [0.05, 0.1) is 17.7 Å². The van der Waals surface area contributed by atoms with Crippen LogP contribution in [0.4, 0.5) is 11.4 Å². The molecule has 4 heteroatoms. The molecule has 0 radical (unpaired) electrons. The smallest absolute Gasteiger partial charge is 0.221 e. The summed E-state index contributed by atoms with van der Waals surface area (Å²) in [4.78, 5) is 11.5. The van der Waals surface area contributed by atoms with Crippen LogP contribution in [-0.4, -0.2) is 5.91 Å². The highest BCUT2D eigenvalue weighted by Crippen LogP contribution is 2.63.